The Kier molecular flexibility index (Phi) is 12.5. The second kappa shape index (κ2) is 12.7. The lowest BCUT2D eigenvalue weighted by molar-refractivity contribution is -0.874. The summed E-state index contributed by atoms with van der Waals surface area (Å²) in [6, 6.07) is 0. The van der Waals surface area contributed by atoms with Crippen LogP contribution in [0.25, 0.3) is 0 Å². The maximum absolute atomic E-state index is 2.45. The normalized spacial score (nSPS) is 12.4. The second-order valence-electron chi connectivity index (χ2n) is 5.82. The van der Waals surface area contributed by atoms with Gasteiger partial charge in [0.25, 0.3) is 0 Å². The summed E-state index contributed by atoms with van der Waals surface area (Å²) < 4.78 is 1.15. The van der Waals surface area contributed by atoms with E-state index < -0.39 is 0 Å². The minimum Gasteiger partial charge on any atom is -0.298 e. The van der Waals surface area contributed by atoms with Gasteiger partial charge in [0.1, 0.15) is 0 Å². The van der Waals surface area contributed by atoms with E-state index in [9.17, 15) is 0 Å². The van der Waals surface area contributed by atoms with Crippen molar-refractivity contribution in [3.8, 4) is 0 Å². The Hall–Kier alpha value is -0.300. The predicted molar refractivity (Wildman–Crippen MR) is 88.3 cm³/mol. The van der Waals surface area contributed by atoms with Crippen molar-refractivity contribution in [3.63, 3.8) is 0 Å². The van der Waals surface area contributed by atoms with Crippen LogP contribution in [-0.2, 0) is 0 Å². The molecule has 0 aromatic rings. The molecule has 0 aliphatic carbocycles. The molecule has 0 saturated heterocycles. The summed E-state index contributed by atoms with van der Waals surface area (Å²) in [7, 11) is 0. The lowest BCUT2D eigenvalue weighted by Gasteiger charge is -2.31. The molecule has 0 aliphatic rings. The van der Waals surface area contributed by atoms with Crippen LogP contribution in [0.3, 0.4) is 0 Å². The molecule has 0 heterocycles. The molecular formula is C18H38N+. The average molecular weight is 269 g/mol. The van der Waals surface area contributed by atoms with Gasteiger partial charge in [-0.25, -0.2) is 0 Å². The van der Waals surface area contributed by atoms with E-state index in [1.54, 1.807) is 0 Å². The van der Waals surface area contributed by atoms with Crippen molar-refractivity contribution in [2.45, 2.75) is 85.5 Å². The van der Waals surface area contributed by atoms with Gasteiger partial charge in [-0.3, -0.25) is 4.48 Å². The molecule has 0 fully saturated rings. The molecular weight excluding hydrogens is 230 g/mol. The molecule has 0 bridgehead atoms. The standard InChI is InChI=1S/C18H38N/c1-5-9-10-11-12-13-14-15-16-17-18-19(6-2,7-3)8-4/h17-18H,5-16H2,1-4H3/q+1. The molecule has 19 heavy (non-hydrogen) atoms. The number of hydrogen-bond acceptors (Lipinski definition) is 0. The van der Waals surface area contributed by atoms with Crippen LogP contribution >= 0.6 is 0 Å². The van der Waals surface area contributed by atoms with Gasteiger partial charge in [-0.1, -0.05) is 51.9 Å². The lowest BCUT2D eigenvalue weighted by atomic mass is 10.1. The van der Waals surface area contributed by atoms with E-state index in [1.807, 2.05) is 0 Å². The molecule has 0 spiro atoms. The summed E-state index contributed by atoms with van der Waals surface area (Å²) in [6.07, 6.45) is 17.5. The molecule has 0 N–H and O–H groups in total. The fraction of sp³-hybridized carbons (Fsp3) is 0.889. The molecule has 0 radical (unpaired) electrons. The molecule has 0 aromatic heterocycles. The fourth-order valence-corrected chi connectivity index (χ4v) is 2.68. The minimum atomic E-state index is 1.15. The minimum absolute atomic E-state index is 1.15. The molecule has 1 nitrogen and oxygen atoms in total. The van der Waals surface area contributed by atoms with Crippen LogP contribution in [0, 0.1) is 0 Å². The van der Waals surface area contributed by atoms with Crippen molar-refractivity contribution in [2.24, 2.45) is 0 Å². The first-order valence-corrected chi connectivity index (χ1v) is 8.78. The van der Waals surface area contributed by atoms with Crippen molar-refractivity contribution in [1.82, 2.24) is 0 Å². The quantitative estimate of drug-likeness (QED) is 0.288. The summed E-state index contributed by atoms with van der Waals surface area (Å²) in [4.78, 5) is 0. The summed E-state index contributed by atoms with van der Waals surface area (Å²) in [5, 5.41) is 0. The Labute approximate surface area is 122 Å². The van der Waals surface area contributed by atoms with Crippen molar-refractivity contribution in [3.05, 3.63) is 12.3 Å². The van der Waals surface area contributed by atoms with Gasteiger partial charge >= 0.3 is 0 Å². The highest BCUT2D eigenvalue weighted by atomic mass is 15.3. The van der Waals surface area contributed by atoms with Gasteiger partial charge < -0.3 is 0 Å². The molecule has 0 atom stereocenters. The molecule has 114 valence electrons. The Bertz CT molecular complexity index is 195. The average Bonchev–Trinajstić information content (AvgIpc) is 2.46. The summed E-state index contributed by atoms with van der Waals surface area (Å²) in [5.74, 6) is 0. The first-order chi connectivity index (χ1) is 9.24. The van der Waals surface area contributed by atoms with Gasteiger partial charge in [0, 0.05) is 0 Å². The van der Waals surface area contributed by atoms with Crippen molar-refractivity contribution >= 4 is 0 Å². The topological polar surface area (TPSA) is 0 Å². The van der Waals surface area contributed by atoms with E-state index in [0.717, 1.165) is 4.48 Å². The largest absolute Gasteiger partial charge is 0.298 e. The zero-order chi connectivity index (χ0) is 14.4. The number of quaternary nitrogens is 1. The molecule has 0 unspecified atom stereocenters. The van der Waals surface area contributed by atoms with Crippen LogP contribution in [-0.4, -0.2) is 24.1 Å². The highest BCUT2D eigenvalue weighted by molar-refractivity contribution is 4.74. The Morgan fingerprint density at radius 3 is 1.58 bits per heavy atom. The molecule has 0 saturated carbocycles. The fourth-order valence-electron chi connectivity index (χ4n) is 2.68. The number of allylic oxidation sites excluding steroid dienone is 1. The van der Waals surface area contributed by atoms with E-state index in [-0.39, 0.29) is 0 Å². The van der Waals surface area contributed by atoms with E-state index in [0.29, 0.717) is 0 Å². The summed E-state index contributed by atoms with van der Waals surface area (Å²) in [5.41, 5.74) is 0. The Balaban J connectivity index is 3.52. The lowest BCUT2D eigenvalue weighted by Crippen LogP contribution is -2.41. The smallest absolute Gasteiger partial charge is 0.0917 e. The van der Waals surface area contributed by atoms with Gasteiger partial charge in [0.15, 0.2) is 0 Å². The molecule has 0 aliphatic heterocycles. The Morgan fingerprint density at radius 1 is 0.632 bits per heavy atom. The third-order valence-corrected chi connectivity index (χ3v) is 4.54. The van der Waals surface area contributed by atoms with Crippen LogP contribution in [0.1, 0.15) is 85.5 Å². The van der Waals surface area contributed by atoms with E-state index >= 15 is 0 Å². The second-order valence-corrected chi connectivity index (χ2v) is 5.82. The first kappa shape index (κ1) is 18.7. The SMILES string of the molecule is CCCCCCCCCCC=C[N+](CC)(CC)CC. The summed E-state index contributed by atoms with van der Waals surface area (Å²) >= 11 is 0. The monoisotopic (exact) mass is 268 g/mol. The first-order valence-electron chi connectivity index (χ1n) is 8.78. The summed E-state index contributed by atoms with van der Waals surface area (Å²) in [6.45, 7) is 12.9. The van der Waals surface area contributed by atoms with Crippen LogP contribution < -0.4 is 0 Å². The number of rotatable bonds is 13. The van der Waals surface area contributed by atoms with E-state index in [4.69, 9.17) is 0 Å². The molecule has 0 amide bonds. The van der Waals surface area contributed by atoms with Crippen LogP contribution in [0.4, 0.5) is 0 Å². The van der Waals surface area contributed by atoms with Gasteiger partial charge in [0.05, 0.1) is 25.8 Å². The van der Waals surface area contributed by atoms with Gasteiger partial charge in [0.2, 0.25) is 0 Å². The molecule has 0 rings (SSSR count). The molecule has 0 aromatic carbocycles. The predicted octanol–water partition coefficient (Wildman–Crippen LogP) is 5.91. The van der Waals surface area contributed by atoms with Crippen LogP contribution in [0.5, 0.6) is 0 Å². The van der Waals surface area contributed by atoms with Crippen molar-refractivity contribution in [1.29, 1.82) is 0 Å². The number of nitrogens with zero attached hydrogens (tertiary/aromatic N) is 1. The zero-order valence-corrected chi connectivity index (χ0v) is 14.1. The van der Waals surface area contributed by atoms with Crippen molar-refractivity contribution in [2.75, 3.05) is 19.6 Å². The van der Waals surface area contributed by atoms with E-state index in [2.05, 4.69) is 40.0 Å². The van der Waals surface area contributed by atoms with Gasteiger partial charge in [-0.15, -0.1) is 0 Å². The van der Waals surface area contributed by atoms with Gasteiger partial charge in [-0.2, -0.15) is 0 Å². The van der Waals surface area contributed by atoms with Crippen molar-refractivity contribution < 1.29 is 4.48 Å². The zero-order valence-electron chi connectivity index (χ0n) is 14.1. The van der Waals surface area contributed by atoms with Gasteiger partial charge in [-0.05, 0) is 39.7 Å². The highest BCUT2D eigenvalue weighted by Gasteiger charge is 2.15. The third kappa shape index (κ3) is 9.27. The number of unbranched alkanes of at least 4 members (excludes halogenated alkanes) is 8. The van der Waals surface area contributed by atoms with Crippen LogP contribution in [0.2, 0.25) is 0 Å². The van der Waals surface area contributed by atoms with Crippen LogP contribution in [0.15, 0.2) is 12.3 Å². The third-order valence-electron chi connectivity index (χ3n) is 4.54. The molecule has 1 heteroatoms. The Morgan fingerprint density at radius 2 is 1.11 bits per heavy atom. The van der Waals surface area contributed by atoms with E-state index in [1.165, 1.54) is 77.4 Å². The maximum Gasteiger partial charge on any atom is 0.0917 e. The maximum atomic E-state index is 2.45. The highest BCUT2D eigenvalue weighted by Crippen LogP contribution is 2.11. The number of hydrogen-bond donors (Lipinski definition) is 0.